The van der Waals surface area contributed by atoms with E-state index < -0.39 is 0 Å². The van der Waals surface area contributed by atoms with Gasteiger partial charge in [0.15, 0.2) is 17.5 Å². The minimum absolute atomic E-state index is 0.634. The van der Waals surface area contributed by atoms with Crippen molar-refractivity contribution in [1.82, 2.24) is 19.5 Å². The summed E-state index contributed by atoms with van der Waals surface area (Å²) in [6, 6.07) is 64.0. The van der Waals surface area contributed by atoms with Crippen molar-refractivity contribution in [3.8, 4) is 51.0 Å². The third-order valence-corrected chi connectivity index (χ3v) is 9.82. The van der Waals surface area contributed by atoms with E-state index in [0.717, 1.165) is 33.3 Å². The van der Waals surface area contributed by atoms with Crippen LogP contribution in [0.25, 0.3) is 94.3 Å². The van der Waals surface area contributed by atoms with Gasteiger partial charge in [-0.15, -0.1) is 0 Å². The van der Waals surface area contributed by atoms with Crippen molar-refractivity contribution in [1.29, 1.82) is 0 Å². The number of fused-ring (bicyclic) bond motifs is 5. The highest BCUT2D eigenvalue weighted by molar-refractivity contribution is 6.13. The molecule has 0 radical (unpaired) electrons. The van der Waals surface area contributed by atoms with E-state index in [-0.39, 0.29) is 0 Å². The zero-order chi connectivity index (χ0) is 33.7. The van der Waals surface area contributed by atoms with E-state index in [2.05, 4.69) is 180 Å². The van der Waals surface area contributed by atoms with Crippen molar-refractivity contribution in [3.05, 3.63) is 182 Å². The molecule has 238 valence electrons. The number of rotatable bonds is 5. The highest BCUT2D eigenvalue weighted by Gasteiger charge is 2.16. The van der Waals surface area contributed by atoms with E-state index in [1.807, 2.05) is 6.07 Å². The minimum Gasteiger partial charge on any atom is -0.309 e. The fourth-order valence-electron chi connectivity index (χ4n) is 7.23. The van der Waals surface area contributed by atoms with Crippen LogP contribution in [0.1, 0.15) is 0 Å². The summed E-state index contributed by atoms with van der Waals surface area (Å²) in [5.74, 6) is 1.92. The van der Waals surface area contributed by atoms with Gasteiger partial charge in [-0.3, -0.25) is 0 Å². The van der Waals surface area contributed by atoms with Crippen LogP contribution in [0.3, 0.4) is 0 Å². The number of aromatic nitrogens is 4. The predicted molar refractivity (Wildman–Crippen MR) is 211 cm³/mol. The third-order valence-electron chi connectivity index (χ3n) is 9.82. The fraction of sp³-hybridized carbons (Fsp3) is 0. The van der Waals surface area contributed by atoms with Crippen LogP contribution in [0.4, 0.5) is 0 Å². The highest BCUT2D eigenvalue weighted by Crippen LogP contribution is 2.36. The maximum Gasteiger partial charge on any atom is 0.164 e. The summed E-state index contributed by atoms with van der Waals surface area (Å²) >= 11 is 0. The average molecular weight is 651 g/mol. The lowest BCUT2D eigenvalue weighted by Gasteiger charge is -2.11. The van der Waals surface area contributed by atoms with Crippen molar-refractivity contribution in [2.75, 3.05) is 0 Å². The molecule has 0 atom stereocenters. The van der Waals surface area contributed by atoms with E-state index in [1.165, 1.54) is 43.5 Å². The second kappa shape index (κ2) is 11.9. The first-order valence-corrected chi connectivity index (χ1v) is 17.2. The molecule has 10 aromatic rings. The second-order valence-electron chi connectivity index (χ2n) is 12.9. The molecule has 0 spiro atoms. The van der Waals surface area contributed by atoms with E-state index in [0.29, 0.717) is 17.5 Å². The molecule has 0 amide bonds. The van der Waals surface area contributed by atoms with Gasteiger partial charge in [-0.1, -0.05) is 133 Å². The Bertz CT molecular complexity index is 2890. The number of nitrogens with zero attached hydrogens (tertiary/aromatic N) is 4. The third kappa shape index (κ3) is 5.13. The Hall–Kier alpha value is -6.91. The molecule has 51 heavy (non-hydrogen) atoms. The van der Waals surface area contributed by atoms with Crippen LogP contribution in [0.5, 0.6) is 0 Å². The zero-order valence-corrected chi connectivity index (χ0v) is 27.6. The van der Waals surface area contributed by atoms with E-state index >= 15 is 0 Å². The fourth-order valence-corrected chi connectivity index (χ4v) is 7.23. The molecule has 0 aliphatic rings. The summed E-state index contributed by atoms with van der Waals surface area (Å²) in [6.07, 6.45) is 0. The molecule has 4 nitrogen and oxygen atoms in total. The van der Waals surface area contributed by atoms with E-state index in [4.69, 9.17) is 15.0 Å². The largest absolute Gasteiger partial charge is 0.309 e. The molecule has 0 bridgehead atoms. The number of hydrogen-bond donors (Lipinski definition) is 0. The summed E-state index contributed by atoms with van der Waals surface area (Å²) in [5, 5.41) is 7.28. The van der Waals surface area contributed by atoms with Gasteiger partial charge in [-0.25, -0.2) is 15.0 Å². The van der Waals surface area contributed by atoms with Gasteiger partial charge >= 0.3 is 0 Å². The van der Waals surface area contributed by atoms with Gasteiger partial charge < -0.3 is 4.57 Å². The molecular weight excluding hydrogens is 621 g/mol. The summed E-state index contributed by atoms with van der Waals surface area (Å²) in [6.45, 7) is 0. The number of benzene rings is 8. The summed E-state index contributed by atoms with van der Waals surface area (Å²) in [4.78, 5) is 15.2. The first-order chi connectivity index (χ1) is 25.2. The molecule has 10 rings (SSSR count). The average Bonchev–Trinajstić information content (AvgIpc) is 3.53. The minimum atomic E-state index is 0.634. The molecule has 8 aromatic carbocycles. The van der Waals surface area contributed by atoms with Crippen molar-refractivity contribution < 1.29 is 0 Å². The Kier molecular flexibility index (Phi) is 6.78. The smallest absolute Gasteiger partial charge is 0.164 e. The van der Waals surface area contributed by atoms with Gasteiger partial charge in [0, 0.05) is 33.2 Å². The van der Waals surface area contributed by atoms with Crippen LogP contribution in [0, 0.1) is 0 Å². The van der Waals surface area contributed by atoms with Crippen LogP contribution in [-0.4, -0.2) is 19.5 Å². The maximum atomic E-state index is 5.07. The lowest BCUT2D eigenvalue weighted by atomic mass is 10.0. The Balaban J connectivity index is 1.10. The Labute approximate surface area is 295 Å². The SMILES string of the molecule is c1ccc(-c2ccc(-c3nc(-c4ccc(-n5c6ccccc6c6cc7ccccc7cc65)cc4)nc(-c4ccc5ccccc5c4)n3)cc2)cc1. The maximum absolute atomic E-state index is 5.07. The van der Waals surface area contributed by atoms with Crippen LogP contribution in [0.2, 0.25) is 0 Å². The molecule has 0 aliphatic carbocycles. The molecule has 0 saturated carbocycles. The lowest BCUT2D eigenvalue weighted by molar-refractivity contribution is 1.07. The Morgan fingerprint density at radius 2 is 0.784 bits per heavy atom. The predicted octanol–water partition coefficient (Wildman–Crippen LogP) is 11.9. The molecule has 2 heterocycles. The summed E-state index contributed by atoms with van der Waals surface area (Å²) in [5.41, 5.74) is 8.59. The highest BCUT2D eigenvalue weighted by atomic mass is 15.0. The van der Waals surface area contributed by atoms with Crippen molar-refractivity contribution in [3.63, 3.8) is 0 Å². The van der Waals surface area contributed by atoms with Gasteiger partial charge in [-0.05, 0) is 81.2 Å². The van der Waals surface area contributed by atoms with Crippen LogP contribution in [-0.2, 0) is 0 Å². The van der Waals surface area contributed by atoms with Crippen molar-refractivity contribution in [2.24, 2.45) is 0 Å². The summed E-state index contributed by atoms with van der Waals surface area (Å²) < 4.78 is 2.36. The van der Waals surface area contributed by atoms with E-state index in [9.17, 15) is 0 Å². The quantitative estimate of drug-likeness (QED) is 0.186. The molecule has 4 heteroatoms. The van der Waals surface area contributed by atoms with Gasteiger partial charge in [0.2, 0.25) is 0 Å². The standard InChI is InChI=1S/C47H30N4/c1-2-10-31(11-3-1)33-18-21-34(22-19-33)45-48-46(50-47(49-45)39-23-20-32-12-4-5-13-36(32)28-39)35-24-26-40(27-25-35)51-43-17-9-8-16-41(43)42-29-37-14-6-7-15-38(37)30-44(42)51/h1-30H. The summed E-state index contributed by atoms with van der Waals surface area (Å²) in [7, 11) is 0. The van der Waals surface area contributed by atoms with Gasteiger partial charge in [0.25, 0.3) is 0 Å². The van der Waals surface area contributed by atoms with Gasteiger partial charge in [-0.2, -0.15) is 0 Å². The Morgan fingerprint density at radius 1 is 0.294 bits per heavy atom. The number of hydrogen-bond acceptors (Lipinski definition) is 3. The molecule has 0 saturated heterocycles. The second-order valence-corrected chi connectivity index (χ2v) is 12.9. The van der Waals surface area contributed by atoms with Crippen LogP contribution < -0.4 is 0 Å². The zero-order valence-electron chi connectivity index (χ0n) is 27.6. The molecule has 0 unspecified atom stereocenters. The topological polar surface area (TPSA) is 43.6 Å². The van der Waals surface area contributed by atoms with Crippen molar-refractivity contribution >= 4 is 43.4 Å². The van der Waals surface area contributed by atoms with Gasteiger partial charge in [0.1, 0.15) is 0 Å². The Morgan fingerprint density at radius 3 is 1.49 bits per heavy atom. The van der Waals surface area contributed by atoms with Gasteiger partial charge in [0.05, 0.1) is 11.0 Å². The lowest BCUT2D eigenvalue weighted by Crippen LogP contribution is -2.00. The number of para-hydroxylation sites is 1. The molecule has 0 fully saturated rings. The van der Waals surface area contributed by atoms with Crippen molar-refractivity contribution in [2.45, 2.75) is 0 Å². The molecule has 2 aromatic heterocycles. The normalized spacial score (nSPS) is 11.5. The molecule has 0 aliphatic heterocycles. The molecule has 0 N–H and O–H groups in total. The monoisotopic (exact) mass is 650 g/mol. The van der Waals surface area contributed by atoms with Crippen LogP contribution >= 0.6 is 0 Å². The first-order valence-electron chi connectivity index (χ1n) is 17.2. The molecular formula is C47H30N4. The van der Waals surface area contributed by atoms with E-state index in [1.54, 1.807) is 0 Å². The van der Waals surface area contributed by atoms with Crippen LogP contribution in [0.15, 0.2) is 182 Å². The first kappa shape index (κ1) is 29.0.